The van der Waals surface area contributed by atoms with Crippen LogP contribution in [0.2, 0.25) is 0 Å². The summed E-state index contributed by atoms with van der Waals surface area (Å²) in [7, 11) is 1.56. The molecule has 150 valence electrons. The molecule has 30 heavy (non-hydrogen) atoms. The van der Waals surface area contributed by atoms with Crippen LogP contribution in [0.15, 0.2) is 71.6 Å². The number of fused-ring (bicyclic) bond motifs is 1. The third-order valence-electron chi connectivity index (χ3n) is 4.66. The predicted octanol–water partition coefficient (Wildman–Crippen LogP) is 4.52. The van der Waals surface area contributed by atoms with E-state index in [1.807, 2.05) is 42.5 Å². The summed E-state index contributed by atoms with van der Waals surface area (Å²) in [5, 5.41) is 4.10. The predicted molar refractivity (Wildman–Crippen MR) is 118 cm³/mol. The van der Waals surface area contributed by atoms with Crippen LogP contribution in [0.4, 0.5) is 10.5 Å². The van der Waals surface area contributed by atoms with Crippen LogP contribution >= 0.6 is 11.8 Å². The number of methoxy groups -OCH3 is 1. The average Bonchev–Trinajstić information content (AvgIpc) is 3.02. The molecule has 1 heterocycles. The van der Waals surface area contributed by atoms with Gasteiger partial charge >= 0.3 is 0 Å². The lowest BCUT2D eigenvalue weighted by molar-refractivity contribution is -0.127. The molecule has 3 aromatic carbocycles. The number of hydrogen-bond acceptors (Lipinski definition) is 5. The van der Waals surface area contributed by atoms with Gasteiger partial charge in [0.1, 0.15) is 12.3 Å². The molecule has 4 rings (SSSR count). The van der Waals surface area contributed by atoms with E-state index in [4.69, 9.17) is 4.74 Å². The SMILES string of the molecule is COc1ccc2ccccc2c1/C=C1/SC(=O)N(CC(=O)Nc2ccccc2)C1=O. The fourth-order valence-electron chi connectivity index (χ4n) is 3.24. The number of carbonyl (C=O) groups is 3. The second-order valence-corrected chi connectivity index (χ2v) is 7.58. The first kappa shape index (κ1) is 19.7. The van der Waals surface area contributed by atoms with Gasteiger partial charge in [-0.25, -0.2) is 0 Å². The summed E-state index contributed by atoms with van der Waals surface area (Å²) in [5.74, 6) is -0.335. The molecule has 6 nitrogen and oxygen atoms in total. The molecule has 0 radical (unpaired) electrons. The maximum Gasteiger partial charge on any atom is 0.294 e. The van der Waals surface area contributed by atoms with Gasteiger partial charge in [0.2, 0.25) is 5.91 Å². The molecular weight excluding hydrogens is 400 g/mol. The molecule has 0 unspecified atom stereocenters. The Labute approximate surface area is 177 Å². The first-order chi connectivity index (χ1) is 14.6. The van der Waals surface area contributed by atoms with Gasteiger partial charge in [0.05, 0.1) is 12.0 Å². The highest BCUT2D eigenvalue weighted by Gasteiger charge is 2.36. The number of para-hydroxylation sites is 1. The number of imide groups is 1. The van der Waals surface area contributed by atoms with Crippen LogP contribution in [0, 0.1) is 0 Å². The van der Waals surface area contributed by atoms with Crippen LogP contribution < -0.4 is 10.1 Å². The fourth-order valence-corrected chi connectivity index (χ4v) is 4.06. The van der Waals surface area contributed by atoms with Crippen molar-refractivity contribution in [3.63, 3.8) is 0 Å². The zero-order valence-corrected chi connectivity index (χ0v) is 16.9. The molecule has 0 spiro atoms. The monoisotopic (exact) mass is 418 g/mol. The third kappa shape index (κ3) is 3.92. The minimum atomic E-state index is -0.497. The van der Waals surface area contributed by atoms with Crippen LogP contribution in [-0.2, 0) is 9.59 Å². The molecule has 3 aromatic rings. The molecule has 3 amide bonds. The van der Waals surface area contributed by atoms with Gasteiger partial charge in [-0.2, -0.15) is 0 Å². The van der Waals surface area contributed by atoms with Crippen molar-refractivity contribution in [1.29, 1.82) is 0 Å². The van der Waals surface area contributed by atoms with Crippen LogP contribution in [0.5, 0.6) is 5.75 Å². The number of nitrogens with zero attached hydrogens (tertiary/aromatic N) is 1. The van der Waals surface area contributed by atoms with Crippen LogP contribution in [0.1, 0.15) is 5.56 Å². The number of thioether (sulfide) groups is 1. The van der Waals surface area contributed by atoms with Crippen molar-refractivity contribution in [2.24, 2.45) is 0 Å². The summed E-state index contributed by atoms with van der Waals surface area (Å²) in [6, 6.07) is 20.4. The summed E-state index contributed by atoms with van der Waals surface area (Å²) in [5.41, 5.74) is 1.32. The van der Waals surface area contributed by atoms with Crippen molar-refractivity contribution in [3.8, 4) is 5.75 Å². The van der Waals surface area contributed by atoms with E-state index >= 15 is 0 Å². The maximum atomic E-state index is 12.8. The highest BCUT2D eigenvalue weighted by atomic mass is 32.2. The highest BCUT2D eigenvalue weighted by Crippen LogP contribution is 2.36. The third-order valence-corrected chi connectivity index (χ3v) is 5.57. The number of ether oxygens (including phenoxy) is 1. The van der Waals surface area contributed by atoms with Crippen molar-refractivity contribution >= 4 is 51.4 Å². The van der Waals surface area contributed by atoms with Crippen molar-refractivity contribution in [2.45, 2.75) is 0 Å². The zero-order chi connectivity index (χ0) is 21.1. The molecule has 0 aromatic heterocycles. The van der Waals surface area contributed by atoms with Gasteiger partial charge in [0, 0.05) is 11.3 Å². The van der Waals surface area contributed by atoms with Gasteiger partial charge < -0.3 is 10.1 Å². The van der Waals surface area contributed by atoms with E-state index in [2.05, 4.69) is 5.32 Å². The first-order valence-corrected chi connectivity index (χ1v) is 10.0. The minimum Gasteiger partial charge on any atom is -0.496 e. The molecule has 0 aliphatic carbocycles. The van der Waals surface area contributed by atoms with Crippen LogP contribution in [0.25, 0.3) is 16.8 Å². The number of amides is 3. The summed E-state index contributed by atoms with van der Waals surface area (Å²) < 4.78 is 5.46. The van der Waals surface area contributed by atoms with Gasteiger partial charge in [-0.1, -0.05) is 48.5 Å². The van der Waals surface area contributed by atoms with Gasteiger partial charge in [-0.15, -0.1) is 0 Å². The molecule has 1 aliphatic rings. The Morgan fingerprint density at radius 2 is 1.77 bits per heavy atom. The van der Waals surface area contributed by atoms with Gasteiger partial charge in [0.15, 0.2) is 0 Å². The lowest BCUT2D eigenvalue weighted by Crippen LogP contribution is -2.36. The number of anilines is 1. The fraction of sp³-hybridized carbons (Fsp3) is 0.0870. The molecule has 0 atom stereocenters. The minimum absolute atomic E-state index is 0.252. The second kappa shape index (κ2) is 8.42. The molecule has 0 saturated carbocycles. The Balaban J connectivity index is 1.59. The maximum absolute atomic E-state index is 12.8. The van der Waals surface area contributed by atoms with Crippen molar-refractivity contribution in [3.05, 3.63) is 77.2 Å². The second-order valence-electron chi connectivity index (χ2n) is 6.58. The molecule has 1 saturated heterocycles. The van der Waals surface area contributed by atoms with E-state index in [0.717, 1.165) is 33.0 Å². The zero-order valence-electron chi connectivity index (χ0n) is 16.1. The summed E-state index contributed by atoms with van der Waals surface area (Å²) in [6.45, 7) is -0.344. The number of rotatable bonds is 5. The number of hydrogen-bond donors (Lipinski definition) is 1. The quantitative estimate of drug-likeness (QED) is 0.617. The lowest BCUT2D eigenvalue weighted by Gasteiger charge is -2.12. The Morgan fingerprint density at radius 3 is 2.53 bits per heavy atom. The topological polar surface area (TPSA) is 75.7 Å². The van der Waals surface area contributed by atoms with Crippen molar-refractivity contribution in [2.75, 3.05) is 19.0 Å². The van der Waals surface area contributed by atoms with E-state index < -0.39 is 17.1 Å². The molecule has 0 bridgehead atoms. The molecular formula is C23H18N2O4S. The molecule has 1 aliphatic heterocycles. The van der Waals surface area contributed by atoms with Gasteiger partial charge in [0.25, 0.3) is 11.1 Å². The van der Waals surface area contributed by atoms with E-state index in [9.17, 15) is 14.4 Å². The van der Waals surface area contributed by atoms with Crippen molar-refractivity contribution in [1.82, 2.24) is 4.90 Å². The van der Waals surface area contributed by atoms with Gasteiger partial charge in [-0.3, -0.25) is 19.3 Å². The van der Waals surface area contributed by atoms with E-state index in [-0.39, 0.29) is 11.4 Å². The summed E-state index contributed by atoms with van der Waals surface area (Å²) in [6.07, 6.45) is 1.65. The Hall–Kier alpha value is -3.58. The Kier molecular flexibility index (Phi) is 5.54. The lowest BCUT2D eigenvalue weighted by atomic mass is 10.0. The standard InChI is InChI=1S/C23H18N2O4S/c1-29-19-12-11-15-7-5-6-10-17(15)18(19)13-20-22(27)25(23(28)30-20)14-21(26)24-16-8-3-2-4-9-16/h2-13H,14H2,1H3,(H,24,26)/b20-13+. The summed E-state index contributed by atoms with van der Waals surface area (Å²) in [4.78, 5) is 38.7. The average molecular weight is 418 g/mol. The highest BCUT2D eigenvalue weighted by molar-refractivity contribution is 8.18. The smallest absolute Gasteiger partial charge is 0.294 e. The normalized spacial score (nSPS) is 15.1. The van der Waals surface area contributed by atoms with E-state index in [0.29, 0.717) is 11.4 Å². The Bertz CT molecular complexity index is 1170. The van der Waals surface area contributed by atoms with Crippen molar-refractivity contribution < 1.29 is 19.1 Å². The molecule has 7 heteroatoms. The first-order valence-electron chi connectivity index (χ1n) is 9.23. The molecule has 1 N–H and O–H groups in total. The number of carbonyl (C=O) groups excluding carboxylic acids is 3. The Morgan fingerprint density at radius 1 is 1.03 bits per heavy atom. The summed E-state index contributed by atoms with van der Waals surface area (Å²) >= 11 is 0.816. The molecule has 1 fully saturated rings. The number of benzene rings is 3. The van der Waals surface area contributed by atoms with Crippen LogP contribution in [-0.4, -0.2) is 35.6 Å². The largest absolute Gasteiger partial charge is 0.496 e. The van der Waals surface area contributed by atoms with E-state index in [1.54, 1.807) is 37.5 Å². The van der Waals surface area contributed by atoms with Crippen LogP contribution in [0.3, 0.4) is 0 Å². The van der Waals surface area contributed by atoms with Gasteiger partial charge in [-0.05, 0) is 46.8 Å². The van der Waals surface area contributed by atoms with E-state index in [1.165, 1.54) is 0 Å². The number of nitrogens with one attached hydrogen (secondary N) is 1.